The molecular weight excluding hydrogens is 753 g/mol. The lowest BCUT2D eigenvalue weighted by Crippen LogP contribution is -2.60. The number of carbonyl (C=O) groups excluding carboxylic acids is 2. The van der Waals surface area contributed by atoms with Crippen molar-refractivity contribution < 1.29 is 56.8 Å². The van der Waals surface area contributed by atoms with Crippen molar-refractivity contribution in [2.75, 3.05) is 19.0 Å². The summed E-state index contributed by atoms with van der Waals surface area (Å²) in [6.07, 6.45) is 27.9. The molecule has 0 bridgehead atoms. The van der Waals surface area contributed by atoms with Gasteiger partial charge in [-0.3, -0.25) is 14.1 Å². The van der Waals surface area contributed by atoms with Crippen molar-refractivity contribution in [1.82, 2.24) is 0 Å². The van der Waals surface area contributed by atoms with E-state index in [1.807, 2.05) is 0 Å². The molecule has 0 radical (unpaired) electrons. The molecule has 57 heavy (non-hydrogen) atoms. The topological polar surface area (TPSA) is 186 Å². The molecule has 0 saturated carbocycles. The second kappa shape index (κ2) is 34.9. The normalized spacial score (nSPS) is 20.7. The molecule has 1 heterocycles. The Balaban J connectivity index is 2.46. The molecule has 0 aromatic carbocycles. The van der Waals surface area contributed by atoms with Crippen molar-refractivity contribution in [2.45, 2.75) is 224 Å². The van der Waals surface area contributed by atoms with Gasteiger partial charge in [0, 0.05) is 12.8 Å². The molecule has 0 aliphatic carbocycles. The van der Waals surface area contributed by atoms with E-state index >= 15 is 0 Å². The fraction of sp³-hybridized carbons (Fsp3) is 0.864. The highest BCUT2D eigenvalue weighted by molar-refractivity contribution is 7.85. The van der Waals surface area contributed by atoms with E-state index in [2.05, 4.69) is 38.2 Å². The Kier molecular flexibility index (Phi) is 32.6. The maximum absolute atomic E-state index is 12.8. The molecular formula is C44H80O12S. The van der Waals surface area contributed by atoms with Crippen LogP contribution in [0.4, 0.5) is 0 Å². The number of hydrogen-bond acceptors (Lipinski definition) is 11. The van der Waals surface area contributed by atoms with E-state index in [0.717, 1.165) is 64.2 Å². The quantitative estimate of drug-likeness (QED) is 0.0202. The fourth-order valence-electron chi connectivity index (χ4n) is 6.77. The molecule has 0 amide bonds. The van der Waals surface area contributed by atoms with Crippen molar-refractivity contribution in [3.8, 4) is 0 Å². The minimum atomic E-state index is -4.60. The van der Waals surface area contributed by atoms with Crippen LogP contribution in [0.3, 0.4) is 0 Å². The Morgan fingerprint density at radius 2 is 1.05 bits per heavy atom. The number of rotatable bonds is 37. The number of carbonyl (C=O) groups is 2. The molecule has 1 aliphatic rings. The lowest BCUT2D eigenvalue weighted by Gasteiger charge is -2.40. The van der Waals surface area contributed by atoms with Crippen molar-refractivity contribution in [2.24, 2.45) is 0 Å². The van der Waals surface area contributed by atoms with Crippen molar-refractivity contribution in [3.63, 3.8) is 0 Å². The highest BCUT2D eigenvalue weighted by Gasteiger charge is 2.46. The lowest BCUT2D eigenvalue weighted by molar-refractivity contribution is -0.297. The van der Waals surface area contributed by atoms with Crippen LogP contribution in [0.25, 0.3) is 0 Å². The summed E-state index contributed by atoms with van der Waals surface area (Å²) in [5, 5.41) is 30.8. The van der Waals surface area contributed by atoms with Crippen molar-refractivity contribution in [3.05, 3.63) is 24.3 Å². The molecule has 1 aliphatic heterocycles. The number of unbranched alkanes of at least 4 members (excludes halogenated alkanes) is 21. The zero-order chi connectivity index (χ0) is 42.0. The Morgan fingerprint density at radius 3 is 1.58 bits per heavy atom. The lowest BCUT2D eigenvalue weighted by atomic mass is 10.00. The van der Waals surface area contributed by atoms with E-state index in [1.165, 1.54) is 83.5 Å². The second-order valence-electron chi connectivity index (χ2n) is 15.7. The van der Waals surface area contributed by atoms with Crippen LogP contribution in [0, 0.1) is 0 Å². The third-order valence-electron chi connectivity index (χ3n) is 10.3. The van der Waals surface area contributed by atoms with Gasteiger partial charge in [-0.2, -0.15) is 8.42 Å². The first-order valence-corrected chi connectivity index (χ1v) is 24.0. The first kappa shape index (κ1) is 53.1. The zero-order valence-corrected chi connectivity index (χ0v) is 36.3. The summed E-state index contributed by atoms with van der Waals surface area (Å²) >= 11 is 0. The average molecular weight is 833 g/mol. The minimum absolute atomic E-state index is 0.151. The number of ether oxygens (including phenoxy) is 4. The van der Waals surface area contributed by atoms with Gasteiger partial charge in [0.2, 0.25) is 0 Å². The van der Waals surface area contributed by atoms with Crippen LogP contribution in [0.15, 0.2) is 24.3 Å². The summed E-state index contributed by atoms with van der Waals surface area (Å²) in [5.74, 6) is -1.99. The van der Waals surface area contributed by atoms with E-state index in [-0.39, 0.29) is 19.4 Å². The van der Waals surface area contributed by atoms with Gasteiger partial charge in [0.1, 0.15) is 36.8 Å². The largest absolute Gasteiger partial charge is 0.462 e. The third-order valence-corrected chi connectivity index (χ3v) is 11.0. The summed E-state index contributed by atoms with van der Waals surface area (Å²) in [7, 11) is -4.60. The molecule has 6 unspecified atom stereocenters. The minimum Gasteiger partial charge on any atom is -0.462 e. The number of aliphatic hydroxyl groups is 3. The Bertz CT molecular complexity index is 1160. The monoisotopic (exact) mass is 833 g/mol. The number of hydrogen-bond donors (Lipinski definition) is 4. The molecule has 1 fully saturated rings. The SMILES string of the molecule is CCCCC/C=C\C/C=C\CCCCCCCC(=O)OC(COC(=O)CCCCCCCCCCCCCCCC)COC1OC(CS(=O)(=O)O)C(O)C(O)C1O. The van der Waals surface area contributed by atoms with Gasteiger partial charge in [0.25, 0.3) is 10.1 Å². The molecule has 6 atom stereocenters. The average Bonchev–Trinajstić information content (AvgIpc) is 3.17. The van der Waals surface area contributed by atoms with Crippen molar-refractivity contribution >= 4 is 22.1 Å². The van der Waals surface area contributed by atoms with Gasteiger partial charge in [-0.25, -0.2) is 0 Å². The molecule has 13 heteroatoms. The molecule has 0 aromatic heterocycles. The van der Waals surface area contributed by atoms with E-state index in [1.54, 1.807) is 0 Å². The van der Waals surface area contributed by atoms with Crippen LogP contribution in [0.2, 0.25) is 0 Å². The molecule has 1 rings (SSSR count). The van der Waals surface area contributed by atoms with Gasteiger partial charge < -0.3 is 34.3 Å². The first-order chi connectivity index (χ1) is 27.5. The Morgan fingerprint density at radius 1 is 0.596 bits per heavy atom. The number of esters is 2. The second-order valence-corrected chi connectivity index (χ2v) is 17.2. The Hall–Kier alpha value is -1.87. The molecule has 1 saturated heterocycles. The van der Waals surface area contributed by atoms with Gasteiger partial charge in [-0.15, -0.1) is 0 Å². The smallest absolute Gasteiger partial charge is 0.306 e. The maximum Gasteiger partial charge on any atom is 0.306 e. The van der Waals surface area contributed by atoms with Crippen LogP contribution < -0.4 is 0 Å². The van der Waals surface area contributed by atoms with Crippen LogP contribution in [0.5, 0.6) is 0 Å². The fourth-order valence-corrected chi connectivity index (χ4v) is 7.46. The van der Waals surface area contributed by atoms with Crippen LogP contribution in [-0.4, -0.2) is 96.0 Å². The summed E-state index contributed by atoms with van der Waals surface area (Å²) in [6, 6.07) is 0. The summed E-state index contributed by atoms with van der Waals surface area (Å²) < 4.78 is 54.0. The number of aliphatic hydroxyl groups excluding tert-OH is 3. The summed E-state index contributed by atoms with van der Waals surface area (Å²) in [5.41, 5.74) is 0. The highest BCUT2D eigenvalue weighted by atomic mass is 32.2. The van der Waals surface area contributed by atoms with Gasteiger partial charge in [-0.05, 0) is 44.9 Å². The predicted octanol–water partition coefficient (Wildman–Crippen LogP) is 8.84. The third kappa shape index (κ3) is 29.9. The molecule has 4 N–H and O–H groups in total. The Labute approximate surface area is 345 Å². The van der Waals surface area contributed by atoms with Crippen LogP contribution in [0.1, 0.15) is 187 Å². The standard InChI is InChI=1S/C44H80O12S/c1-3-5-7-9-11-13-15-17-19-21-23-25-27-29-31-33-40(46)55-37(35-54-44-43(49)42(48)41(47)38(56-44)36-57(50,51)52)34-53-39(45)32-30-28-26-24-22-20-18-16-14-12-10-8-6-4-2/h11,13,17,19,37-38,41-44,47-49H,3-10,12,14-16,18,20-36H2,1-2H3,(H,50,51,52)/b13-11-,19-17-. The summed E-state index contributed by atoms with van der Waals surface area (Å²) in [4.78, 5) is 25.4. The van der Waals surface area contributed by atoms with E-state index in [0.29, 0.717) is 12.8 Å². The molecule has 12 nitrogen and oxygen atoms in total. The molecule has 334 valence electrons. The van der Waals surface area contributed by atoms with Crippen LogP contribution >= 0.6 is 0 Å². The molecule has 0 spiro atoms. The zero-order valence-electron chi connectivity index (χ0n) is 35.4. The van der Waals surface area contributed by atoms with E-state index in [9.17, 15) is 37.9 Å². The van der Waals surface area contributed by atoms with Gasteiger partial charge >= 0.3 is 11.9 Å². The van der Waals surface area contributed by atoms with Crippen molar-refractivity contribution in [1.29, 1.82) is 0 Å². The van der Waals surface area contributed by atoms with Gasteiger partial charge in [-0.1, -0.05) is 154 Å². The highest BCUT2D eigenvalue weighted by Crippen LogP contribution is 2.24. The predicted molar refractivity (Wildman–Crippen MR) is 224 cm³/mol. The van der Waals surface area contributed by atoms with E-state index in [4.69, 9.17) is 18.9 Å². The van der Waals surface area contributed by atoms with Crippen LogP contribution in [-0.2, 0) is 38.7 Å². The maximum atomic E-state index is 12.8. The molecule has 0 aromatic rings. The van der Waals surface area contributed by atoms with Gasteiger partial charge in [0.05, 0.1) is 6.61 Å². The first-order valence-electron chi connectivity index (χ1n) is 22.4. The van der Waals surface area contributed by atoms with Gasteiger partial charge in [0.15, 0.2) is 12.4 Å². The summed E-state index contributed by atoms with van der Waals surface area (Å²) in [6.45, 7) is 3.72. The van der Waals surface area contributed by atoms with E-state index < -0.39 is 71.2 Å². The number of allylic oxidation sites excluding steroid dienone is 4.